The smallest absolute Gasteiger partial charge is 0.0451 e. The first-order chi connectivity index (χ1) is 6.43. The fourth-order valence-corrected chi connectivity index (χ4v) is 3.04. The van der Waals surface area contributed by atoms with Gasteiger partial charge in [-0.3, -0.25) is 0 Å². The molecule has 3 atom stereocenters. The van der Waals surface area contributed by atoms with Gasteiger partial charge in [-0.05, 0) is 30.2 Å². The summed E-state index contributed by atoms with van der Waals surface area (Å²) >= 11 is 1.76. The zero-order valence-electron chi connectivity index (χ0n) is 7.44. The Bertz CT molecular complexity index is 315. The summed E-state index contributed by atoms with van der Waals surface area (Å²) in [6, 6.07) is 2.87. The minimum absolute atomic E-state index is 0.707. The molecule has 1 nitrogen and oxygen atoms in total. The molecule has 68 valence electrons. The van der Waals surface area contributed by atoms with Crippen LogP contribution in [0.5, 0.6) is 0 Å². The van der Waals surface area contributed by atoms with Gasteiger partial charge in [-0.2, -0.15) is 11.3 Å². The maximum atomic E-state index is 3.59. The van der Waals surface area contributed by atoms with Crippen LogP contribution in [-0.2, 0) is 0 Å². The molecule has 0 radical (unpaired) electrons. The van der Waals surface area contributed by atoms with E-state index < -0.39 is 0 Å². The Morgan fingerprint density at radius 1 is 1.46 bits per heavy atom. The van der Waals surface area contributed by atoms with Crippen molar-refractivity contribution in [2.24, 2.45) is 11.8 Å². The second kappa shape index (κ2) is 2.88. The van der Waals surface area contributed by atoms with E-state index in [2.05, 4.69) is 34.3 Å². The highest BCUT2D eigenvalue weighted by Crippen LogP contribution is 2.44. The molecule has 1 saturated carbocycles. The normalized spacial score (nSPS) is 35.5. The summed E-state index contributed by atoms with van der Waals surface area (Å²) in [5, 5.41) is 7.90. The number of anilines is 1. The minimum atomic E-state index is 0.707. The van der Waals surface area contributed by atoms with Gasteiger partial charge in [0, 0.05) is 23.0 Å². The summed E-state index contributed by atoms with van der Waals surface area (Å²) in [6.07, 6.45) is 7.39. The molecule has 13 heavy (non-hydrogen) atoms. The third kappa shape index (κ3) is 1.20. The Morgan fingerprint density at radius 3 is 3.23 bits per heavy atom. The molecular weight excluding hydrogens is 178 g/mol. The van der Waals surface area contributed by atoms with Gasteiger partial charge in [0.1, 0.15) is 0 Å². The molecule has 1 N–H and O–H groups in total. The lowest BCUT2D eigenvalue weighted by molar-refractivity contribution is 0.218. The number of fused-ring (bicyclic) bond motifs is 1. The van der Waals surface area contributed by atoms with Crippen molar-refractivity contribution < 1.29 is 0 Å². The molecule has 0 bridgehead atoms. The molecule has 0 spiro atoms. The van der Waals surface area contributed by atoms with Crippen molar-refractivity contribution in [2.45, 2.75) is 18.9 Å². The summed E-state index contributed by atoms with van der Waals surface area (Å²) in [4.78, 5) is 0. The first-order valence-electron chi connectivity index (χ1n) is 4.89. The molecule has 1 fully saturated rings. The fraction of sp³-hybridized carbons (Fsp3) is 0.455. The van der Waals surface area contributed by atoms with Gasteiger partial charge >= 0.3 is 0 Å². The van der Waals surface area contributed by atoms with E-state index in [1.165, 1.54) is 18.5 Å². The summed E-state index contributed by atoms with van der Waals surface area (Å²) < 4.78 is 0. The van der Waals surface area contributed by atoms with E-state index in [9.17, 15) is 0 Å². The molecule has 0 aliphatic heterocycles. The number of nitrogens with one attached hydrogen (secondary N) is 1. The SMILES string of the molecule is C1=CC2C(C1)CC2Nc1ccsc1. The van der Waals surface area contributed by atoms with Crippen molar-refractivity contribution in [1.29, 1.82) is 0 Å². The second-order valence-electron chi connectivity index (χ2n) is 4.00. The first kappa shape index (κ1) is 7.63. The molecule has 2 aliphatic rings. The van der Waals surface area contributed by atoms with Crippen LogP contribution in [0.1, 0.15) is 12.8 Å². The van der Waals surface area contributed by atoms with E-state index in [4.69, 9.17) is 0 Å². The monoisotopic (exact) mass is 191 g/mol. The third-order valence-corrected chi connectivity index (χ3v) is 3.92. The van der Waals surface area contributed by atoms with Gasteiger partial charge in [0.15, 0.2) is 0 Å². The first-order valence-corrected chi connectivity index (χ1v) is 5.83. The summed E-state index contributed by atoms with van der Waals surface area (Å²) in [7, 11) is 0. The molecule has 0 amide bonds. The highest BCUT2D eigenvalue weighted by molar-refractivity contribution is 7.08. The van der Waals surface area contributed by atoms with Crippen molar-refractivity contribution in [1.82, 2.24) is 0 Å². The van der Waals surface area contributed by atoms with Crippen LogP contribution in [0.15, 0.2) is 29.0 Å². The van der Waals surface area contributed by atoms with Crippen LogP contribution < -0.4 is 5.32 Å². The van der Waals surface area contributed by atoms with Crippen molar-refractivity contribution >= 4 is 17.0 Å². The largest absolute Gasteiger partial charge is 0.381 e. The van der Waals surface area contributed by atoms with Crippen molar-refractivity contribution in [2.75, 3.05) is 5.32 Å². The van der Waals surface area contributed by atoms with Crippen LogP contribution in [0.3, 0.4) is 0 Å². The molecule has 3 rings (SSSR count). The fourth-order valence-electron chi connectivity index (χ4n) is 2.44. The number of hydrogen-bond donors (Lipinski definition) is 1. The van der Waals surface area contributed by atoms with E-state index in [1.54, 1.807) is 11.3 Å². The highest BCUT2D eigenvalue weighted by atomic mass is 32.1. The molecule has 2 heteroatoms. The van der Waals surface area contributed by atoms with Crippen LogP contribution in [0.25, 0.3) is 0 Å². The zero-order chi connectivity index (χ0) is 8.67. The summed E-state index contributed by atoms with van der Waals surface area (Å²) in [5.74, 6) is 1.77. The van der Waals surface area contributed by atoms with Gasteiger partial charge in [-0.25, -0.2) is 0 Å². The third-order valence-electron chi connectivity index (χ3n) is 3.24. The molecule has 0 aromatic carbocycles. The molecular formula is C11H13NS. The maximum Gasteiger partial charge on any atom is 0.0451 e. The summed E-state index contributed by atoms with van der Waals surface area (Å²) in [5.41, 5.74) is 1.30. The average molecular weight is 191 g/mol. The number of rotatable bonds is 2. The topological polar surface area (TPSA) is 12.0 Å². The van der Waals surface area contributed by atoms with E-state index >= 15 is 0 Å². The van der Waals surface area contributed by atoms with Gasteiger partial charge in [0.25, 0.3) is 0 Å². The number of allylic oxidation sites excluding steroid dienone is 1. The predicted octanol–water partition coefficient (Wildman–Crippen LogP) is 3.12. The zero-order valence-corrected chi connectivity index (χ0v) is 8.26. The maximum absolute atomic E-state index is 3.59. The Hall–Kier alpha value is -0.760. The predicted molar refractivity (Wildman–Crippen MR) is 57.1 cm³/mol. The van der Waals surface area contributed by atoms with Gasteiger partial charge in [-0.1, -0.05) is 12.2 Å². The number of thiophene rings is 1. The van der Waals surface area contributed by atoms with E-state index in [0.29, 0.717) is 6.04 Å². The van der Waals surface area contributed by atoms with Crippen molar-refractivity contribution in [3.63, 3.8) is 0 Å². The molecule has 3 unspecified atom stereocenters. The lowest BCUT2D eigenvalue weighted by Gasteiger charge is -2.40. The van der Waals surface area contributed by atoms with Crippen LogP contribution in [0.4, 0.5) is 5.69 Å². The van der Waals surface area contributed by atoms with Crippen LogP contribution in [0.2, 0.25) is 0 Å². The average Bonchev–Trinajstić information content (AvgIpc) is 2.69. The Kier molecular flexibility index (Phi) is 1.69. The van der Waals surface area contributed by atoms with Crippen molar-refractivity contribution in [3.8, 4) is 0 Å². The molecule has 2 aliphatic carbocycles. The Labute approximate surface area is 82.5 Å². The lowest BCUT2D eigenvalue weighted by atomic mass is 9.71. The summed E-state index contributed by atoms with van der Waals surface area (Å²) in [6.45, 7) is 0. The molecule has 1 heterocycles. The van der Waals surface area contributed by atoms with E-state index in [1.807, 2.05) is 0 Å². The second-order valence-corrected chi connectivity index (χ2v) is 4.78. The van der Waals surface area contributed by atoms with Gasteiger partial charge in [0.2, 0.25) is 0 Å². The Morgan fingerprint density at radius 2 is 2.46 bits per heavy atom. The highest BCUT2D eigenvalue weighted by Gasteiger charge is 2.40. The van der Waals surface area contributed by atoms with E-state index in [-0.39, 0.29) is 0 Å². The molecule has 0 saturated heterocycles. The van der Waals surface area contributed by atoms with Gasteiger partial charge < -0.3 is 5.32 Å². The minimum Gasteiger partial charge on any atom is -0.381 e. The standard InChI is InChI=1S/C11H13NS/c1-2-8-6-11(10(8)3-1)12-9-4-5-13-7-9/h1,3-5,7-8,10-12H,2,6H2. The number of hydrogen-bond acceptors (Lipinski definition) is 2. The lowest BCUT2D eigenvalue weighted by Crippen LogP contribution is -2.43. The van der Waals surface area contributed by atoms with Gasteiger partial charge in [0.05, 0.1) is 0 Å². The van der Waals surface area contributed by atoms with E-state index in [0.717, 1.165) is 11.8 Å². The quantitative estimate of drug-likeness (QED) is 0.708. The molecule has 1 aromatic heterocycles. The van der Waals surface area contributed by atoms with Crippen molar-refractivity contribution in [3.05, 3.63) is 29.0 Å². The van der Waals surface area contributed by atoms with Crippen LogP contribution in [0, 0.1) is 11.8 Å². The van der Waals surface area contributed by atoms with Crippen LogP contribution >= 0.6 is 11.3 Å². The van der Waals surface area contributed by atoms with Gasteiger partial charge in [-0.15, -0.1) is 0 Å². The van der Waals surface area contributed by atoms with Crippen LogP contribution in [-0.4, -0.2) is 6.04 Å². The molecule has 1 aromatic rings. The Balaban J connectivity index is 1.66.